The lowest BCUT2D eigenvalue weighted by Crippen LogP contribution is -2.48. The highest BCUT2D eigenvalue weighted by atomic mass is 32.1. The van der Waals surface area contributed by atoms with E-state index < -0.39 is 17.3 Å². The molecule has 2 rings (SSSR count). The summed E-state index contributed by atoms with van der Waals surface area (Å²) in [5.41, 5.74) is -1.26. The van der Waals surface area contributed by atoms with E-state index in [2.05, 4.69) is 4.98 Å². The van der Waals surface area contributed by atoms with Gasteiger partial charge < -0.3 is 9.80 Å². The summed E-state index contributed by atoms with van der Waals surface area (Å²) in [4.78, 5) is 19.6. The van der Waals surface area contributed by atoms with Crippen molar-refractivity contribution in [1.82, 2.24) is 9.88 Å². The molecule has 0 saturated carbocycles. The molecule has 1 aromatic heterocycles. The van der Waals surface area contributed by atoms with E-state index in [1.54, 1.807) is 11.9 Å². The van der Waals surface area contributed by atoms with E-state index in [1.807, 2.05) is 25.7 Å². The number of rotatable bonds is 2. The van der Waals surface area contributed by atoms with Gasteiger partial charge in [0.25, 0.3) is 0 Å². The molecule has 0 atom stereocenters. The fourth-order valence-electron chi connectivity index (χ4n) is 2.68. The van der Waals surface area contributed by atoms with E-state index >= 15 is 0 Å². The van der Waals surface area contributed by atoms with Crippen molar-refractivity contribution < 1.29 is 18.0 Å². The van der Waals surface area contributed by atoms with E-state index in [1.165, 1.54) is 0 Å². The highest BCUT2D eigenvalue weighted by Crippen LogP contribution is 2.34. The van der Waals surface area contributed by atoms with Crippen molar-refractivity contribution in [3.05, 3.63) is 11.1 Å². The molecular formula is C15H22F3N3OS. The Kier molecular flexibility index (Phi) is 4.94. The fourth-order valence-corrected chi connectivity index (χ4v) is 3.57. The summed E-state index contributed by atoms with van der Waals surface area (Å²) in [6.07, 6.45) is -2.93. The third-order valence-corrected chi connectivity index (χ3v) is 4.93. The van der Waals surface area contributed by atoms with Crippen molar-refractivity contribution in [2.24, 2.45) is 5.41 Å². The Hall–Kier alpha value is -1.31. The van der Waals surface area contributed by atoms with Crippen molar-refractivity contribution in [1.29, 1.82) is 0 Å². The maximum absolute atomic E-state index is 12.6. The minimum absolute atomic E-state index is 0.0876. The molecule has 2 heterocycles. The molecule has 0 aromatic carbocycles. The lowest BCUT2D eigenvalue weighted by molar-refractivity contribution is -0.141. The monoisotopic (exact) mass is 349 g/mol. The molecule has 1 aliphatic rings. The number of anilines is 1. The molecule has 1 fully saturated rings. The largest absolute Gasteiger partial charge is 0.434 e. The molecule has 0 spiro atoms. The number of hydrogen-bond donors (Lipinski definition) is 0. The first-order valence-corrected chi connectivity index (χ1v) is 8.43. The zero-order chi connectivity index (χ0) is 17.4. The van der Waals surface area contributed by atoms with Gasteiger partial charge in [-0.3, -0.25) is 4.79 Å². The predicted molar refractivity (Wildman–Crippen MR) is 84.6 cm³/mol. The van der Waals surface area contributed by atoms with Crippen LogP contribution in [0.4, 0.5) is 18.3 Å². The van der Waals surface area contributed by atoms with Crippen molar-refractivity contribution in [2.75, 3.05) is 25.0 Å². The van der Waals surface area contributed by atoms with Gasteiger partial charge in [-0.25, -0.2) is 4.98 Å². The second-order valence-electron chi connectivity index (χ2n) is 6.90. The van der Waals surface area contributed by atoms with Gasteiger partial charge in [0, 0.05) is 37.0 Å². The second-order valence-corrected chi connectivity index (χ2v) is 7.73. The van der Waals surface area contributed by atoms with Gasteiger partial charge in [0.1, 0.15) is 0 Å². The van der Waals surface area contributed by atoms with Gasteiger partial charge in [-0.05, 0) is 12.8 Å². The molecule has 0 radical (unpaired) electrons. The van der Waals surface area contributed by atoms with E-state index in [0.717, 1.165) is 29.6 Å². The van der Waals surface area contributed by atoms with Crippen LogP contribution in [0.2, 0.25) is 0 Å². The van der Waals surface area contributed by atoms with Crippen molar-refractivity contribution in [3.8, 4) is 0 Å². The van der Waals surface area contributed by atoms with Gasteiger partial charge in [0.15, 0.2) is 10.8 Å². The number of carbonyl (C=O) groups excluding carboxylic acids is 1. The smallest absolute Gasteiger partial charge is 0.348 e. The Bertz CT molecular complexity index is 557. The van der Waals surface area contributed by atoms with E-state index in [-0.39, 0.29) is 11.9 Å². The van der Waals surface area contributed by atoms with E-state index in [9.17, 15) is 18.0 Å². The molecule has 130 valence electrons. The number of nitrogens with zero attached hydrogens (tertiary/aromatic N) is 3. The normalized spacial score (nSPS) is 17.4. The third kappa shape index (κ3) is 4.16. The number of thiazole rings is 1. The lowest BCUT2D eigenvalue weighted by Gasteiger charge is -2.38. The topological polar surface area (TPSA) is 36.4 Å². The fraction of sp³-hybridized carbons (Fsp3) is 0.733. The molecule has 0 N–H and O–H groups in total. The van der Waals surface area contributed by atoms with Crippen LogP contribution in [-0.4, -0.2) is 42.0 Å². The molecule has 23 heavy (non-hydrogen) atoms. The molecule has 4 nitrogen and oxygen atoms in total. The quantitative estimate of drug-likeness (QED) is 0.818. The van der Waals surface area contributed by atoms with Crippen LogP contribution in [0, 0.1) is 5.41 Å². The minimum atomic E-state index is -4.40. The van der Waals surface area contributed by atoms with Crippen LogP contribution in [0.5, 0.6) is 0 Å². The molecule has 1 amide bonds. The van der Waals surface area contributed by atoms with Gasteiger partial charge in [-0.15, -0.1) is 11.3 Å². The summed E-state index contributed by atoms with van der Waals surface area (Å²) >= 11 is 1.02. The Balaban J connectivity index is 1.96. The SMILES string of the molecule is CN(C(=O)C(C)(C)C)C1CCN(c2nc(C(F)(F)F)cs2)CC1. The second kappa shape index (κ2) is 6.30. The summed E-state index contributed by atoms with van der Waals surface area (Å²) in [6, 6.07) is 0.125. The Morgan fingerprint density at radius 3 is 2.30 bits per heavy atom. The standard InChI is InChI=1S/C15H22F3N3OS/c1-14(2,3)12(22)20(4)10-5-7-21(8-6-10)13-19-11(9-23-13)15(16,17)18/h9-10H,5-8H2,1-4H3. The Morgan fingerprint density at radius 1 is 1.30 bits per heavy atom. The highest BCUT2D eigenvalue weighted by Gasteiger charge is 2.35. The molecule has 1 aromatic rings. The minimum Gasteiger partial charge on any atom is -0.348 e. The number of alkyl halides is 3. The lowest BCUT2D eigenvalue weighted by atomic mass is 9.93. The summed E-state index contributed by atoms with van der Waals surface area (Å²) in [7, 11) is 1.80. The first-order chi connectivity index (χ1) is 10.5. The maximum Gasteiger partial charge on any atom is 0.434 e. The number of hydrogen-bond acceptors (Lipinski definition) is 4. The molecule has 0 bridgehead atoms. The van der Waals surface area contributed by atoms with E-state index in [0.29, 0.717) is 18.2 Å². The Morgan fingerprint density at radius 2 is 1.87 bits per heavy atom. The van der Waals surface area contributed by atoms with Crippen molar-refractivity contribution in [2.45, 2.75) is 45.8 Å². The van der Waals surface area contributed by atoms with Crippen molar-refractivity contribution in [3.63, 3.8) is 0 Å². The van der Waals surface area contributed by atoms with E-state index in [4.69, 9.17) is 0 Å². The molecule has 1 saturated heterocycles. The van der Waals surface area contributed by atoms with Crippen LogP contribution >= 0.6 is 11.3 Å². The molecule has 0 unspecified atom stereocenters. The maximum atomic E-state index is 12.6. The van der Waals surface area contributed by atoms with Crippen LogP contribution in [0.25, 0.3) is 0 Å². The number of aromatic nitrogens is 1. The zero-order valence-corrected chi connectivity index (χ0v) is 14.6. The number of carbonyl (C=O) groups is 1. The van der Waals surface area contributed by atoms with Crippen LogP contribution in [-0.2, 0) is 11.0 Å². The van der Waals surface area contributed by atoms with Crippen molar-refractivity contribution >= 4 is 22.4 Å². The van der Waals surface area contributed by atoms with Crippen LogP contribution in [0.1, 0.15) is 39.3 Å². The first-order valence-electron chi connectivity index (χ1n) is 7.55. The van der Waals surface area contributed by atoms with Gasteiger partial charge in [-0.1, -0.05) is 20.8 Å². The van der Waals surface area contributed by atoms with Crippen LogP contribution in [0.3, 0.4) is 0 Å². The van der Waals surface area contributed by atoms with Gasteiger partial charge in [-0.2, -0.15) is 13.2 Å². The average Bonchev–Trinajstić information content (AvgIpc) is 2.95. The molecule has 1 aliphatic heterocycles. The number of halogens is 3. The average molecular weight is 349 g/mol. The summed E-state index contributed by atoms with van der Waals surface area (Å²) in [6.45, 7) is 6.87. The third-order valence-electron chi connectivity index (χ3n) is 4.03. The van der Waals surface area contributed by atoms with Crippen LogP contribution in [0.15, 0.2) is 5.38 Å². The van der Waals surface area contributed by atoms with Gasteiger partial charge in [0.2, 0.25) is 5.91 Å². The summed E-state index contributed by atoms with van der Waals surface area (Å²) < 4.78 is 37.9. The molecule has 8 heteroatoms. The highest BCUT2D eigenvalue weighted by molar-refractivity contribution is 7.13. The predicted octanol–water partition coefficient (Wildman–Crippen LogP) is 3.64. The van der Waals surface area contributed by atoms with Crippen LogP contribution < -0.4 is 4.90 Å². The summed E-state index contributed by atoms with van der Waals surface area (Å²) in [5.74, 6) is 0.0876. The number of amides is 1. The van der Waals surface area contributed by atoms with Gasteiger partial charge in [0.05, 0.1) is 0 Å². The molecule has 0 aliphatic carbocycles. The summed E-state index contributed by atoms with van der Waals surface area (Å²) in [5, 5.41) is 1.46. The first kappa shape index (κ1) is 18.0. The molecular weight excluding hydrogens is 327 g/mol. The Labute approximate surface area is 138 Å². The number of piperidine rings is 1. The zero-order valence-electron chi connectivity index (χ0n) is 13.8. The van der Waals surface area contributed by atoms with Gasteiger partial charge >= 0.3 is 6.18 Å².